The summed E-state index contributed by atoms with van der Waals surface area (Å²) >= 11 is 5.88. The van der Waals surface area contributed by atoms with Gasteiger partial charge in [0.25, 0.3) is 0 Å². The van der Waals surface area contributed by atoms with Crippen LogP contribution < -0.4 is 5.76 Å². The Morgan fingerprint density at radius 3 is 2.75 bits per heavy atom. The van der Waals surface area contributed by atoms with Gasteiger partial charge in [-0.2, -0.15) is 4.68 Å². The number of hydrogen-bond acceptors (Lipinski definition) is 4. The molecule has 1 aromatic heterocycles. The fraction of sp³-hybridized carbons (Fsp3) is 0.429. The first-order chi connectivity index (χ1) is 9.67. The molecule has 106 valence electrons. The Morgan fingerprint density at radius 1 is 1.40 bits per heavy atom. The minimum absolute atomic E-state index is 0.109. The first-order valence-electron chi connectivity index (χ1n) is 6.50. The monoisotopic (exact) mass is 294 g/mol. The van der Waals surface area contributed by atoms with Gasteiger partial charge in [-0.15, -0.1) is 5.10 Å². The number of benzene rings is 1. The van der Waals surface area contributed by atoms with Gasteiger partial charge >= 0.3 is 5.76 Å². The Labute approximate surface area is 121 Å². The highest BCUT2D eigenvalue weighted by Gasteiger charge is 2.34. The molecule has 20 heavy (non-hydrogen) atoms. The van der Waals surface area contributed by atoms with Crippen molar-refractivity contribution < 1.29 is 9.15 Å². The zero-order chi connectivity index (χ0) is 14.1. The first kappa shape index (κ1) is 13.4. The van der Waals surface area contributed by atoms with E-state index in [4.69, 9.17) is 20.8 Å². The minimum Gasteiger partial charge on any atom is -0.390 e. The third-order valence-electron chi connectivity index (χ3n) is 3.68. The molecule has 0 unspecified atom stereocenters. The number of rotatable bonds is 4. The average Bonchev–Trinajstić information content (AvgIpc) is 2.72. The zero-order valence-corrected chi connectivity index (χ0v) is 11.8. The summed E-state index contributed by atoms with van der Waals surface area (Å²) < 4.78 is 11.4. The summed E-state index contributed by atoms with van der Waals surface area (Å²) in [7, 11) is 1.54. The SMILES string of the molecule is COCc1nn([C@H]2C[C@H](c3ccc(Cl)cc3)C2)c(=O)o1. The van der Waals surface area contributed by atoms with Crippen molar-refractivity contribution in [3.63, 3.8) is 0 Å². The highest BCUT2D eigenvalue weighted by molar-refractivity contribution is 6.30. The van der Waals surface area contributed by atoms with Crippen molar-refractivity contribution in [1.82, 2.24) is 9.78 Å². The molecule has 2 aromatic rings. The van der Waals surface area contributed by atoms with Gasteiger partial charge in [0.05, 0.1) is 6.04 Å². The van der Waals surface area contributed by atoms with Crippen LogP contribution in [0.3, 0.4) is 0 Å². The van der Waals surface area contributed by atoms with Crippen molar-refractivity contribution in [3.05, 3.63) is 51.3 Å². The average molecular weight is 295 g/mol. The minimum atomic E-state index is -0.406. The van der Waals surface area contributed by atoms with E-state index in [1.54, 1.807) is 7.11 Å². The molecule has 0 bridgehead atoms. The highest BCUT2D eigenvalue weighted by Crippen LogP contribution is 2.43. The van der Waals surface area contributed by atoms with Gasteiger partial charge < -0.3 is 9.15 Å². The molecule has 0 amide bonds. The third-order valence-corrected chi connectivity index (χ3v) is 3.93. The van der Waals surface area contributed by atoms with Crippen molar-refractivity contribution in [1.29, 1.82) is 0 Å². The maximum atomic E-state index is 11.7. The molecule has 0 N–H and O–H groups in total. The Bertz CT molecular complexity index is 641. The molecule has 1 fully saturated rings. The molecule has 1 aromatic carbocycles. The second-order valence-corrected chi connectivity index (χ2v) is 5.45. The van der Waals surface area contributed by atoms with Gasteiger partial charge in [0.2, 0.25) is 5.89 Å². The normalized spacial score (nSPS) is 21.7. The van der Waals surface area contributed by atoms with Crippen LogP contribution in [-0.2, 0) is 11.3 Å². The number of methoxy groups -OCH3 is 1. The summed E-state index contributed by atoms with van der Waals surface area (Å²) in [5.74, 6) is 0.371. The molecule has 5 nitrogen and oxygen atoms in total. The molecule has 1 heterocycles. The fourth-order valence-corrected chi connectivity index (χ4v) is 2.66. The van der Waals surface area contributed by atoms with Gasteiger partial charge in [-0.1, -0.05) is 23.7 Å². The van der Waals surface area contributed by atoms with Crippen LogP contribution in [0.5, 0.6) is 0 Å². The Morgan fingerprint density at radius 2 is 2.10 bits per heavy atom. The fourth-order valence-electron chi connectivity index (χ4n) is 2.54. The lowest BCUT2D eigenvalue weighted by atomic mass is 9.76. The van der Waals surface area contributed by atoms with Crippen molar-refractivity contribution >= 4 is 11.6 Å². The van der Waals surface area contributed by atoms with Crippen LogP contribution in [0.2, 0.25) is 5.02 Å². The van der Waals surface area contributed by atoms with Crippen molar-refractivity contribution in [3.8, 4) is 0 Å². The Balaban J connectivity index is 1.68. The molecule has 0 atom stereocenters. The van der Waals surface area contributed by atoms with Gasteiger partial charge in [0.15, 0.2) is 0 Å². The van der Waals surface area contributed by atoms with E-state index in [0.29, 0.717) is 11.8 Å². The molecule has 1 saturated carbocycles. The molecule has 3 rings (SSSR count). The van der Waals surface area contributed by atoms with E-state index >= 15 is 0 Å². The van der Waals surface area contributed by atoms with Gasteiger partial charge in [-0.05, 0) is 36.5 Å². The highest BCUT2D eigenvalue weighted by atomic mass is 35.5. The van der Waals surface area contributed by atoms with E-state index in [1.807, 2.05) is 24.3 Å². The Kier molecular flexibility index (Phi) is 3.63. The lowest BCUT2D eigenvalue weighted by Crippen LogP contribution is -2.31. The summed E-state index contributed by atoms with van der Waals surface area (Å²) in [6.07, 6.45) is 1.78. The summed E-state index contributed by atoms with van der Waals surface area (Å²) in [5.41, 5.74) is 1.25. The van der Waals surface area contributed by atoms with Gasteiger partial charge in [0.1, 0.15) is 6.61 Å². The summed E-state index contributed by atoms with van der Waals surface area (Å²) in [6.45, 7) is 0.218. The molecule has 1 aliphatic rings. The van der Waals surface area contributed by atoms with Crippen LogP contribution >= 0.6 is 11.6 Å². The number of halogens is 1. The molecular weight excluding hydrogens is 280 g/mol. The maximum absolute atomic E-state index is 11.7. The standard InChI is InChI=1S/C14H15ClN2O3/c1-19-8-13-16-17(14(18)20-13)12-6-10(7-12)9-2-4-11(15)5-3-9/h2-5,10,12H,6-8H2,1H3/t10-,12-. The van der Waals surface area contributed by atoms with Gasteiger partial charge in [0, 0.05) is 12.1 Å². The molecule has 0 spiro atoms. The second-order valence-electron chi connectivity index (χ2n) is 5.01. The zero-order valence-electron chi connectivity index (χ0n) is 11.1. The third kappa shape index (κ3) is 2.51. The quantitative estimate of drug-likeness (QED) is 0.870. The number of aromatic nitrogens is 2. The second kappa shape index (κ2) is 5.42. The van der Waals surface area contributed by atoms with E-state index in [9.17, 15) is 4.79 Å². The van der Waals surface area contributed by atoms with Crippen LogP contribution in [0.25, 0.3) is 0 Å². The lowest BCUT2D eigenvalue weighted by Gasteiger charge is -2.34. The van der Waals surface area contributed by atoms with Crippen LogP contribution in [0.1, 0.15) is 36.3 Å². The predicted octanol–water partition coefficient (Wildman–Crippen LogP) is 2.75. The first-order valence-corrected chi connectivity index (χ1v) is 6.88. The van der Waals surface area contributed by atoms with Gasteiger partial charge in [-0.25, -0.2) is 4.79 Å². The van der Waals surface area contributed by atoms with E-state index < -0.39 is 5.76 Å². The maximum Gasteiger partial charge on any atom is 0.437 e. The number of hydrogen-bond donors (Lipinski definition) is 0. The molecular formula is C14H15ClN2O3. The molecule has 0 saturated heterocycles. The predicted molar refractivity (Wildman–Crippen MR) is 73.9 cm³/mol. The molecule has 6 heteroatoms. The summed E-state index contributed by atoms with van der Waals surface area (Å²) in [4.78, 5) is 11.7. The molecule has 0 radical (unpaired) electrons. The summed E-state index contributed by atoms with van der Waals surface area (Å²) in [6, 6.07) is 7.96. The van der Waals surface area contributed by atoms with E-state index in [2.05, 4.69) is 5.10 Å². The van der Waals surface area contributed by atoms with E-state index in [-0.39, 0.29) is 12.6 Å². The van der Waals surface area contributed by atoms with E-state index in [1.165, 1.54) is 10.2 Å². The van der Waals surface area contributed by atoms with E-state index in [0.717, 1.165) is 17.9 Å². The van der Waals surface area contributed by atoms with Crippen LogP contribution in [-0.4, -0.2) is 16.9 Å². The van der Waals surface area contributed by atoms with Crippen LogP contribution in [0.4, 0.5) is 0 Å². The Hall–Kier alpha value is -1.59. The van der Waals surface area contributed by atoms with Gasteiger partial charge in [-0.3, -0.25) is 0 Å². The lowest BCUT2D eigenvalue weighted by molar-refractivity contribution is 0.158. The topological polar surface area (TPSA) is 57.3 Å². The molecule has 1 aliphatic carbocycles. The van der Waals surface area contributed by atoms with Crippen molar-refractivity contribution in [2.45, 2.75) is 31.4 Å². The van der Waals surface area contributed by atoms with Crippen molar-refractivity contribution in [2.24, 2.45) is 0 Å². The molecule has 0 aliphatic heterocycles. The summed E-state index contributed by atoms with van der Waals surface area (Å²) in [5, 5.41) is 4.89. The number of nitrogens with zero attached hydrogens (tertiary/aromatic N) is 2. The largest absolute Gasteiger partial charge is 0.437 e. The van der Waals surface area contributed by atoms with Crippen LogP contribution in [0.15, 0.2) is 33.5 Å². The number of ether oxygens (including phenoxy) is 1. The smallest absolute Gasteiger partial charge is 0.390 e. The van der Waals surface area contributed by atoms with Crippen molar-refractivity contribution in [2.75, 3.05) is 7.11 Å². The van der Waals surface area contributed by atoms with Crippen LogP contribution in [0, 0.1) is 0 Å².